The number of benzene rings is 2. The summed E-state index contributed by atoms with van der Waals surface area (Å²) >= 11 is 17.4. The maximum Gasteiger partial charge on any atom is 0.171 e. The number of nitrogens with zero attached hydrogens (tertiary/aromatic N) is 1. The molecule has 2 aromatic rings. The van der Waals surface area contributed by atoms with Crippen molar-refractivity contribution in [2.75, 3.05) is 18.4 Å². The van der Waals surface area contributed by atoms with Crippen LogP contribution >= 0.6 is 35.4 Å². The van der Waals surface area contributed by atoms with E-state index in [0.717, 1.165) is 31.7 Å². The van der Waals surface area contributed by atoms with Crippen molar-refractivity contribution >= 4 is 46.2 Å². The molecule has 6 heteroatoms. The molecule has 2 aromatic carbocycles. The lowest BCUT2D eigenvalue weighted by Gasteiger charge is -2.18. The second-order valence-corrected chi connectivity index (χ2v) is 7.24. The number of halogens is 2. The third kappa shape index (κ3) is 5.08. The molecule has 3 rings (SSSR count). The van der Waals surface area contributed by atoms with Crippen LogP contribution in [0.2, 0.25) is 10.0 Å². The average molecular weight is 380 g/mol. The van der Waals surface area contributed by atoms with Crippen LogP contribution in [0.25, 0.3) is 0 Å². The Labute approximate surface area is 157 Å². The van der Waals surface area contributed by atoms with Gasteiger partial charge in [0.15, 0.2) is 5.11 Å². The van der Waals surface area contributed by atoms with Gasteiger partial charge in [-0.05, 0) is 42.4 Å². The number of hydrogen-bond donors (Lipinski definition) is 2. The van der Waals surface area contributed by atoms with Crippen molar-refractivity contribution in [2.24, 2.45) is 0 Å². The van der Waals surface area contributed by atoms with Gasteiger partial charge in [-0.3, -0.25) is 4.90 Å². The Morgan fingerprint density at radius 1 is 1.12 bits per heavy atom. The molecule has 1 fully saturated rings. The Bertz CT molecular complexity index is 688. The van der Waals surface area contributed by atoms with E-state index in [1.807, 2.05) is 6.07 Å². The average Bonchev–Trinajstić information content (AvgIpc) is 2.94. The number of likely N-dealkylation sites (tertiary alicyclic amines) is 1. The summed E-state index contributed by atoms with van der Waals surface area (Å²) in [5, 5.41) is 8.29. The molecule has 1 atom stereocenters. The van der Waals surface area contributed by atoms with Gasteiger partial charge in [0.2, 0.25) is 0 Å². The van der Waals surface area contributed by atoms with Gasteiger partial charge in [-0.1, -0.05) is 53.5 Å². The van der Waals surface area contributed by atoms with Crippen molar-refractivity contribution in [2.45, 2.75) is 19.0 Å². The highest BCUT2D eigenvalue weighted by molar-refractivity contribution is 7.80. The second kappa shape index (κ2) is 8.17. The van der Waals surface area contributed by atoms with E-state index in [1.54, 1.807) is 18.2 Å². The standard InChI is InChI=1S/C18H19Cl2N3S/c19-14-8-15(20)10-17(9-14)22-18(24)21-16-6-7-23(12-16)11-13-4-2-1-3-5-13/h1-5,8-10,16H,6-7,11-12H2,(H2,21,22,24)/t16-/m0/s1. The Morgan fingerprint density at radius 3 is 2.54 bits per heavy atom. The fourth-order valence-corrected chi connectivity index (χ4v) is 3.72. The van der Waals surface area contributed by atoms with E-state index in [1.165, 1.54) is 5.56 Å². The highest BCUT2D eigenvalue weighted by atomic mass is 35.5. The number of nitrogens with one attached hydrogen (secondary N) is 2. The van der Waals surface area contributed by atoms with Crippen LogP contribution in [0.4, 0.5) is 5.69 Å². The maximum absolute atomic E-state index is 6.01. The third-order valence-corrected chi connectivity index (χ3v) is 4.63. The van der Waals surface area contributed by atoms with Crippen LogP contribution in [0.5, 0.6) is 0 Å². The van der Waals surface area contributed by atoms with Gasteiger partial charge in [0, 0.05) is 41.4 Å². The van der Waals surface area contributed by atoms with Gasteiger partial charge in [-0.2, -0.15) is 0 Å². The minimum Gasteiger partial charge on any atom is -0.358 e. The van der Waals surface area contributed by atoms with Gasteiger partial charge < -0.3 is 10.6 Å². The fraction of sp³-hybridized carbons (Fsp3) is 0.278. The molecule has 0 unspecified atom stereocenters. The van der Waals surface area contributed by atoms with Crippen LogP contribution in [-0.4, -0.2) is 29.1 Å². The lowest BCUT2D eigenvalue weighted by molar-refractivity contribution is 0.324. The van der Waals surface area contributed by atoms with Crippen LogP contribution in [0.1, 0.15) is 12.0 Å². The van der Waals surface area contributed by atoms with Gasteiger partial charge in [0.1, 0.15) is 0 Å². The quantitative estimate of drug-likeness (QED) is 0.761. The molecule has 1 saturated heterocycles. The fourth-order valence-electron chi connectivity index (χ4n) is 2.91. The van der Waals surface area contributed by atoms with Crippen molar-refractivity contribution in [3.8, 4) is 0 Å². The van der Waals surface area contributed by atoms with Crippen molar-refractivity contribution in [3.63, 3.8) is 0 Å². The van der Waals surface area contributed by atoms with Crippen molar-refractivity contribution in [3.05, 3.63) is 64.1 Å². The lowest BCUT2D eigenvalue weighted by atomic mass is 10.2. The summed E-state index contributed by atoms with van der Waals surface area (Å²) in [5.41, 5.74) is 2.14. The van der Waals surface area contributed by atoms with Crippen molar-refractivity contribution in [1.82, 2.24) is 10.2 Å². The predicted molar refractivity (Wildman–Crippen MR) is 106 cm³/mol. The zero-order valence-electron chi connectivity index (χ0n) is 13.1. The summed E-state index contributed by atoms with van der Waals surface area (Å²) in [4.78, 5) is 2.44. The van der Waals surface area contributed by atoms with Gasteiger partial charge in [0.05, 0.1) is 0 Å². The van der Waals surface area contributed by atoms with Crippen LogP contribution in [0.15, 0.2) is 48.5 Å². The predicted octanol–water partition coefficient (Wildman–Crippen LogP) is 4.55. The van der Waals surface area contributed by atoms with Crippen LogP contribution in [-0.2, 0) is 6.54 Å². The minimum atomic E-state index is 0.350. The normalized spacial score (nSPS) is 17.7. The van der Waals surface area contributed by atoms with E-state index in [0.29, 0.717) is 21.2 Å². The molecule has 2 N–H and O–H groups in total. The summed E-state index contributed by atoms with van der Waals surface area (Å²) < 4.78 is 0. The van der Waals surface area contributed by atoms with Gasteiger partial charge >= 0.3 is 0 Å². The molecule has 1 heterocycles. The second-order valence-electron chi connectivity index (χ2n) is 5.96. The van der Waals surface area contributed by atoms with Crippen LogP contribution in [0.3, 0.4) is 0 Å². The summed E-state index contributed by atoms with van der Waals surface area (Å²) in [6.07, 6.45) is 1.07. The Balaban J connectivity index is 1.49. The van der Waals surface area contributed by atoms with Gasteiger partial charge in [-0.25, -0.2) is 0 Å². The molecule has 24 heavy (non-hydrogen) atoms. The summed E-state index contributed by atoms with van der Waals surface area (Å²) in [6, 6.07) is 16.2. The van der Waals surface area contributed by atoms with Crippen LogP contribution in [0, 0.1) is 0 Å². The SMILES string of the molecule is S=C(Nc1cc(Cl)cc(Cl)c1)N[C@H]1CCN(Cc2ccccc2)C1. The molecule has 3 nitrogen and oxygen atoms in total. The summed E-state index contributed by atoms with van der Waals surface area (Å²) in [5.74, 6) is 0. The Kier molecular flexibility index (Phi) is 5.95. The maximum atomic E-state index is 6.01. The first kappa shape index (κ1) is 17.5. The number of hydrogen-bond acceptors (Lipinski definition) is 2. The van der Waals surface area contributed by atoms with E-state index in [-0.39, 0.29) is 0 Å². The first-order valence-electron chi connectivity index (χ1n) is 7.88. The first-order chi connectivity index (χ1) is 11.6. The molecular formula is C18H19Cl2N3S. The highest BCUT2D eigenvalue weighted by Crippen LogP contribution is 2.22. The van der Waals surface area contributed by atoms with E-state index in [2.05, 4.69) is 39.8 Å². The lowest BCUT2D eigenvalue weighted by Crippen LogP contribution is -2.39. The molecule has 0 spiro atoms. The van der Waals surface area contributed by atoms with Gasteiger partial charge in [0.25, 0.3) is 0 Å². The molecule has 0 aliphatic carbocycles. The molecule has 0 amide bonds. The smallest absolute Gasteiger partial charge is 0.171 e. The topological polar surface area (TPSA) is 27.3 Å². The van der Waals surface area contributed by atoms with Crippen molar-refractivity contribution in [1.29, 1.82) is 0 Å². The minimum absolute atomic E-state index is 0.350. The first-order valence-corrected chi connectivity index (χ1v) is 9.05. The molecule has 0 aromatic heterocycles. The van der Waals surface area contributed by atoms with Crippen molar-refractivity contribution < 1.29 is 0 Å². The van der Waals surface area contributed by atoms with Crippen LogP contribution < -0.4 is 10.6 Å². The van der Waals surface area contributed by atoms with Gasteiger partial charge in [-0.15, -0.1) is 0 Å². The number of anilines is 1. The highest BCUT2D eigenvalue weighted by Gasteiger charge is 2.22. The molecule has 0 radical (unpaired) electrons. The molecular weight excluding hydrogens is 361 g/mol. The molecule has 0 bridgehead atoms. The number of thiocarbonyl (C=S) groups is 1. The van der Waals surface area contributed by atoms with E-state index in [9.17, 15) is 0 Å². The summed E-state index contributed by atoms with van der Waals surface area (Å²) in [7, 11) is 0. The third-order valence-electron chi connectivity index (χ3n) is 3.98. The largest absolute Gasteiger partial charge is 0.358 e. The van der Waals surface area contributed by atoms with E-state index >= 15 is 0 Å². The number of rotatable bonds is 4. The molecule has 1 aliphatic heterocycles. The van der Waals surface area contributed by atoms with E-state index < -0.39 is 0 Å². The Hall–Kier alpha value is -1.33. The molecule has 126 valence electrons. The monoisotopic (exact) mass is 379 g/mol. The zero-order chi connectivity index (χ0) is 16.9. The van der Waals surface area contributed by atoms with E-state index in [4.69, 9.17) is 35.4 Å². The summed E-state index contributed by atoms with van der Waals surface area (Å²) in [6.45, 7) is 3.02. The Morgan fingerprint density at radius 2 is 1.83 bits per heavy atom. The molecule has 1 aliphatic rings. The molecule has 0 saturated carbocycles. The zero-order valence-corrected chi connectivity index (χ0v) is 15.5.